The largest absolute Gasteiger partial charge is 0.361 e. The van der Waals surface area contributed by atoms with Gasteiger partial charge in [-0.3, -0.25) is 0 Å². The summed E-state index contributed by atoms with van der Waals surface area (Å²) in [6, 6.07) is 8.29. The molecule has 2 nitrogen and oxygen atoms in total. The maximum Gasteiger partial charge on any atom is 0.0457 e. The molecular weight excluding hydrogens is 148 g/mol. The van der Waals surface area contributed by atoms with Crippen molar-refractivity contribution >= 4 is 10.9 Å². The van der Waals surface area contributed by atoms with Crippen LogP contribution in [0.15, 0.2) is 30.5 Å². The number of nitrogens with two attached hydrogens (primary N) is 1. The van der Waals surface area contributed by atoms with Crippen LogP contribution in [-0.2, 0) is 0 Å². The summed E-state index contributed by atoms with van der Waals surface area (Å²) in [5.74, 6) is 0. The molecule has 0 fully saturated rings. The number of para-hydroxylation sites is 1. The molecule has 1 unspecified atom stereocenters. The van der Waals surface area contributed by atoms with Crippen LogP contribution in [-0.4, -0.2) is 4.98 Å². The topological polar surface area (TPSA) is 41.8 Å². The van der Waals surface area contributed by atoms with E-state index in [9.17, 15) is 0 Å². The SMILES string of the molecule is CC(N)c1c[nH]c2ccccc12. The molecule has 1 atom stereocenters. The summed E-state index contributed by atoms with van der Waals surface area (Å²) >= 11 is 0. The second-order valence-electron chi connectivity index (χ2n) is 3.08. The Kier molecular flexibility index (Phi) is 1.62. The smallest absolute Gasteiger partial charge is 0.0457 e. The van der Waals surface area contributed by atoms with Gasteiger partial charge in [0.2, 0.25) is 0 Å². The zero-order valence-corrected chi connectivity index (χ0v) is 7.04. The summed E-state index contributed by atoms with van der Waals surface area (Å²) in [5.41, 5.74) is 8.15. The highest BCUT2D eigenvalue weighted by Gasteiger charge is 2.05. The number of hydrogen-bond donors (Lipinski definition) is 2. The van der Waals surface area contributed by atoms with Crippen molar-refractivity contribution in [3.63, 3.8) is 0 Å². The number of fused-ring (bicyclic) bond motifs is 1. The van der Waals surface area contributed by atoms with Crippen molar-refractivity contribution in [1.29, 1.82) is 0 Å². The Hall–Kier alpha value is -1.28. The maximum absolute atomic E-state index is 5.80. The van der Waals surface area contributed by atoms with Gasteiger partial charge in [0.1, 0.15) is 0 Å². The summed E-state index contributed by atoms with van der Waals surface area (Å²) in [7, 11) is 0. The van der Waals surface area contributed by atoms with E-state index in [-0.39, 0.29) is 6.04 Å². The lowest BCUT2D eigenvalue weighted by atomic mass is 10.1. The molecule has 1 aromatic carbocycles. The van der Waals surface area contributed by atoms with Crippen LogP contribution in [0.1, 0.15) is 18.5 Å². The molecule has 0 amide bonds. The highest BCUT2D eigenvalue weighted by Crippen LogP contribution is 2.21. The Labute approximate surface area is 71.4 Å². The van der Waals surface area contributed by atoms with E-state index in [1.807, 2.05) is 25.3 Å². The third-order valence-electron chi connectivity index (χ3n) is 2.11. The minimum Gasteiger partial charge on any atom is -0.361 e. The Morgan fingerprint density at radius 1 is 1.33 bits per heavy atom. The average molecular weight is 160 g/mol. The highest BCUT2D eigenvalue weighted by atomic mass is 14.7. The first-order chi connectivity index (χ1) is 5.79. The van der Waals surface area contributed by atoms with Crippen LogP contribution in [0.5, 0.6) is 0 Å². The van der Waals surface area contributed by atoms with E-state index < -0.39 is 0 Å². The van der Waals surface area contributed by atoms with Crippen LogP contribution in [0.2, 0.25) is 0 Å². The number of H-pyrrole nitrogens is 1. The van der Waals surface area contributed by atoms with Gasteiger partial charge in [0.15, 0.2) is 0 Å². The fourth-order valence-corrected chi connectivity index (χ4v) is 1.47. The molecule has 12 heavy (non-hydrogen) atoms. The minimum absolute atomic E-state index is 0.0983. The normalized spacial score (nSPS) is 13.5. The van der Waals surface area contributed by atoms with Gasteiger partial charge in [-0.2, -0.15) is 0 Å². The van der Waals surface area contributed by atoms with Crippen molar-refractivity contribution in [2.24, 2.45) is 5.73 Å². The van der Waals surface area contributed by atoms with E-state index in [4.69, 9.17) is 5.73 Å². The molecule has 0 saturated carbocycles. The first-order valence-electron chi connectivity index (χ1n) is 4.10. The Morgan fingerprint density at radius 3 is 2.83 bits per heavy atom. The monoisotopic (exact) mass is 160 g/mol. The van der Waals surface area contributed by atoms with E-state index in [1.165, 1.54) is 10.9 Å². The van der Waals surface area contributed by atoms with E-state index in [1.54, 1.807) is 0 Å². The van der Waals surface area contributed by atoms with Gasteiger partial charge in [-0.15, -0.1) is 0 Å². The third kappa shape index (κ3) is 1.01. The number of benzene rings is 1. The molecule has 0 saturated heterocycles. The van der Waals surface area contributed by atoms with Crippen LogP contribution in [0.25, 0.3) is 10.9 Å². The molecule has 62 valence electrons. The first kappa shape index (κ1) is 7.37. The Morgan fingerprint density at radius 2 is 2.08 bits per heavy atom. The van der Waals surface area contributed by atoms with Crippen molar-refractivity contribution in [3.8, 4) is 0 Å². The Balaban J connectivity index is 2.70. The van der Waals surface area contributed by atoms with Gasteiger partial charge in [0.05, 0.1) is 0 Å². The fourth-order valence-electron chi connectivity index (χ4n) is 1.47. The van der Waals surface area contributed by atoms with Crippen molar-refractivity contribution in [1.82, 2.24) is 4.98 Å². The zero-order valence-electron chi connectivity index (χ0n) is 7.04. The molecule has 3 N–H and O–H groups in total. The van der Waals surface area contributed by atoms with Gasteiger partial charge >= 0.3 is 0 Å². The molecule has 2 aromatic rings. The maximum atomic E-state index is 5.80. The Bertz CT molecular complexity index is 387. The van der Waals surface area contributed by atoms with E-state index >= 15 is 0 Å². The predicted molar refractivity (Wildman–Crippen MR) is 50.9 cm³/mol. The van der Waals surface area contributed by atoms with Crippen molar-refractivity contribution in [2.45, 2.75) is 13.0 Å². The average Bonchev–Trinajstić information content (AvgIpc) is 2.47. The summed E-state index contributed by atoms with van der Waals surface area (Å²) < 4.78 is 0. The van der Waals surface area contributed by atoms with Gasteiger partial charge < -0.3 is 10.7 Å². The molecule has 1 aromatic heterocycles. The van der Waals surface area contributed by atoms with Crippen LogP contribution in [0, 0.1) is 0 Å². The number of nitrogens with one attached hydrogen (secondary N) is 1. The fraction of sp³-hybridized carbons (Fsp3) is 0.200. The standard InChI is InChI=1S/C10H12N2/c1-7(11)9-6-12-10-5-3-2-4-8(9)10/h2-7,12H,11H2,1H3. The van der Waals surface area contributed by atoms with Crippen LogP contribution >= 0.6 is 0 Å². The second-order valence-corrected chi connectivity index (χ2v) is 3.08. The number of aromatic amines is 1. The van der Waals surface area contributed by atoms with Crippen molar-refractivity contribution in [3.05, 3.63) is 36.0 Å². The number of aromatic nitrogens is 1. The van der Waals surface area contributed by atoms with E-state index in [2.05, 4.69) is 17.1 Å². The van der Waals surface area contributed by atoms with Gasteiger partial charge in [-0.1, -0.05) is 18.2 Å². The van der Waals surface area contributed by atoms with E-state index in [0.29, 0.717) is 0 Å². The zero-order chi connectivity index (χ0) is 8.55. The van der Waals surface area contributed by atoms with Gasteiger partial charge in [-0.05, 0) is 18.6 Å². The molecule has 0 radical (unpaired) electrons. The van der Waals surface area contributed by atoms with Crippen molar-refractivity contribution < 1.29 is 0 Å². The molecule has 1 heterocycles. The van der Waals surface area contributed by atoms with Crippen molar-refractivity contribution in [2.75, 3.05) is 0 Å². The number of hydrogen-bond acceptors (Lipinski definition) is 1. The number of rotatable bonds is 1. The van der Waals surface area contributed by atoms with Crippen LogP contribution < -0.4 is 5.73 Å². The predicted octanol–water partition coefficient (Wildman–Crippen LogP) is 2.19. The summed E-state index contributed by atoms with van der Waals surface area (Å²) in [6.45, 7) is 2.00. The minimum atomic E-state index is 0.0983. The van der Waals surface area contributed by atoms with Crippen LogP contribution in [0.3, 0.4) is 0 Å². The van der Waals surface area contributed by atoms with Gasteiger partial charge in [0.25, 0.3) is 0 Å². The summed E-state index contributed by atoms with van der Waals surface area (Å²) in [6.07, 6.45) is 1.98. The molecule has 0 aliphatic carbocycles. The van der Waals surface area contributed by atoms with Crippen LogP contribution in [0.4, 0.5) is 0 Å². The van der Waals surface area contributed by atoms with Gasteiger partial charge in [-0.25, -0.2) is 0 Å². The summed E-state index contributed by atoms with van der Waals surface area (Å²) in [5, 5.41) is 1.23. The molecule has 0 aliphatic rings. The third-order valence-corrected chi connectivity index (χ3v) is 2.11. The molecular formula is C10H12N2. The molecule has 2 heteroatoms. The first-order valence-corrected chi connectivity index (χ1v) is 4.10. The van der Waals surface area contributed by atoms with E-state index in [0.717, 1.165) is 5.52 Å². The summed E-state index contributed by atoms with van der Waals surface area (Å²) in [4.78, 5) is 3.19. The lowest BCUT2D eigenvalue weighted by Crippen LogP contribution is -2.03. The molecule has 2 rings (SSSR count). The molecule has 0 bridgehead atoms. The lowest BCUT2D eigenvalue weighted by Gasteiger charge is -2.01. The lowest BCUT2D eigenvalue weighted by molar-refractivity contribution is 0.826. The molecule has 0 aliphatic heterocycles. The van der Waals surface area contributed by atoms with Gasteiger partial charge in [0, 0.05) is 23.1 Å². The second kappa shape index (κ2) is 2.64. The molecule has 0 spiro atoms. The quantitative estimate of drug-likeness (QED) is 0.659. The highest BCUT2D eigenvalue weighted by molar-refractivity contribution is 5.83.